The third kappa shape index (κ3) is 2.76. The second-order valence-corrected chi connectivity index (χ2v) is 4.55. The monoisotopic (exact) mass is 279 g/mol. The summed E-state index contributed by atoms with van der Waals surface area (Å²) in [6.45, 7) is 0. The molecule has 1 aromatic heterocycles. The Bertz CT molecular complexity index is 793. The summed E-state index contributed by atoms with van der Waals surface area (Å²) in [6.07, 6.45) is 1.81. The Morgan fingerprint density at radius 1 is 0.810 bits per heavy atom. The SMILES string of the molecule is O=C(NNC(=O)c1ccc2cc[nH]c2c1)c1ccccc1. The topological polar surface area (TPSA) is 74.0 Å². The Labute approximate surface area is 121 Å². The molecule has 0 atom stereocenters. The van der Waals surface area contributed by atoms with Crippen molar-refractivity contribution in [2.75, 3.05) is 0 Å². The number of nitrogens with one attached hydrogen (secondary N) is 3. The maximum Gasteiger partial charge on any atom is 0.269 e. The summed E-state index contributed by atoms with van der Waals surface area (Å²) < 4.78 is 0. The van der Waals surface area contributed by atoms with Crippen molar-refractivity contribution in [2.45, 2.75) is 0 Å². The predicted octanol–water partition coefficient (Wildman–Crippen LogP) is 2.24. The molecule has 0 aliphatic rings. The molecular formula is C16H13N3O2. The van der Waals surface area contributed by atoms with Gasteiger partial charge >= 0.3 is 0 Å². The molecule has 5 heteroatoms. The number of hydrazine groups is 1. The Morgan fingerprint density at radius 3 is 2.29 bits per heavy atom. The molecule has 21 heavy (non-hydrogen) atoms. The normalized spacial score (nSPS) is 10.3. The maximum atomic E-state index is 12.0. The summed E-state index contributed by atoms with van der Waals surface area (Å²) >= 11 is 0. The lowest BCUT2D eigenvalue weighted by molar-refractivity contribution is 0.0847. The van der Waals surface area contributed by atoms with E-state index in [-0.39, 0.29) is 11.8 Å². The van der Waals surface area contributed by atoms with E-state index in [4.69, 9.17) is 0 Å². The Kier molecular flexibility index (Phi) is 3.39. The molecule has 0 saturated carbocycles. The number of hydrogen-bond donors (Lipinski definition) is 3. The molecule has 3 N–H and O–H groups in total. The number of carbonyl (C=O) groups excluding carboxylic acids is 2. The van der Waals surface area contributed by atoms with Crippen molar-refractivity contribution in [1.82, 2.24) is 15.8 Å². The highest BCUT2D eigenvalue weighted by molar-refractivity contribution is 6.00. The molecule has 2 amide bonds. The molecule has 0 spiro atoms. The fraction of sp³-hybridized carbons (Fsp3) is 0. The average Bonchev–Trinajstić information content (AvgIpc) is 3.00. The van der Waals surface area contributed by atoms with Crippen LogP contribution in [0.4, 0.5) is 0 Å². The summed E-state index contributed by atoms with van der Waals surface area (Å²) in [4.78, 5) is 26.9. The van der Waals surface area contributed by atoms with Crippen LogP contribution in [0.5, 0.6) is 0 Å². The number of aromatic nitrogens is 1. The van der Waals surface area contributed by atoms with Crippen molar-refractivity contribution >= 4 is 22.7 Å². The number of rotatable bonds is 2. The zero-order valence-electron chi connectivity index (χ0n) is 11.1. The van der Waals surface area contributed by atoms with Crippen LogP contribution in [0.3, 0.4) is 0 Å². The number of carbonyl (C=O) groups is 2. The summed E-state index contributed by atoms with van der Waals surface area (Å²) in [5.74, 6) is -0.722. The fourth-order valence-electron chi connectivity index (χ4n) is 2.04. The van der Waals surface area contributed by atoms with E-state index in [1.807, 2.05) is 24.4 Å². The molecule has 0 aliphatic heterocycles. The van der Waals surface area contributed by atoms with Gasteiger partial charge < -0.3 is 4.98 Å². The Balaban J connectivity index is 1.67. The highest BCUT2D eigenvalue weighted by Gasteiger charge is 2.09. The van der Waals surface area contributed by atoms with E-state index in [0.717, 1.165) is 10.9 Å². The lowest BCUT2D eigenvalue weighted by Gasteiger charge is -2.07. The predicted molar refractivity (Wildman–Crippen MR) is 79.7 cm³/mol. The lowest BCUT2D eigenvalue weighted by atomic mass is 10.1. The van der Waals surface area contributed by atoms with Gasteiger partial charge in [0.15, 0.2) is 0 Å². The minimum atomic E-state index is -0.365. The van der Waals surface area contributed by atoms with Crippen LogP contribution >= 0.6 is 0 Å². The molecule has 2 aromatic carbocycles. The zero-order valence-corrected chi connectivity index (χ0v) is 11.1. The second-order valence-electron chi connectivity index (χ2n) is 4.55. The summed E-state index contributed by atoms with van der Waals surface area (Å²) in [5.41, 5.74) is 6.62. The number of hydrogen-bond acceptors (Lipinski definition) is 2. The highest BCUT2D eigenvalue weighted by Crippen LogP contribution is 2.13. The molecule has 0 unspecified atom stereocenters. The highest BCUT2D eigenvalue weighted by atomic mass is 16.2. The number of fused-ring (bicyclic) bond motifs is 1. The minimum absolute atomic E-state index is 0.357. The third-order valence-electron chi connectivity index (χ3n) is 3.14. The van der Waals surface area contributed by atoms with Gasteiger partial charge in [-0.3, -0.25) is 20.4 Å². The lowest BCUT2D eigenvalue weighted by Crippen LogP contribution is -2.41. The zero-order chi connectivity index (χ0) is 14.7. The van der Waals surface area contributed by atoms with Crippen molar-refractivity contribution < 1.29 is 9.59 Å². The van der Waals surface area contributed by atoms with Crippen LogP contribution in [0, 0.1) is 0 Å². The molecule has 104 valence electrons. The van der Waals surface area contributed by atoms with Gasteiger partial charge in [-0.05, 0) is 35.7 Å². The van der Waals surface area contributed by atoms with Gasteiger partial charge in [-0.15, -0.1) is 0 Å². The summed E-state index contributed by atoms with van der Waals surface area (Å²) in [5, 5.41) is 1.03. The van der Waals surface area contributed by atoms with E-state index in [1.54, 1.807) is 36.4 Å². The Morgan fingerprint density at radius 2 is 1.52 bits per heavy atom. The molecule has 5 nitrogen and oxygen atoms in total. The van der Waals surface area contributed by atoms with Crippen molar-refractivity contribution in [3.63, 3.8) is 0 Å². The van der Waals surface area contributed by atoms with Crippen molar-refractivity contribution in [2.24, 2.45) is 0 Å². The largest absolute Gasteiger partial charge is 0.361 e. The van der Waals surface area contributed by atoms with Crippen LogP contribution in [0.25, 0.3) is 10.9 Å². The van der Waals surface area contributed by atoms with Crippen LogP contribution in [0.1, 0.15) is 20.7 Å². The van der Waals surface area contributed by atoms with Crippen LogP contribution < -0.4 is 10.9 Å². The summed E-state index contributed by atoms with van der Waals surface area (Å²) in [7, 11) is 0. The van der Waals surface area contributed by atoms with Crippen LogP contribution in [-0.4, -0.2) is 16.8 Å². The standard InChI is InChI=1S/C16H13N3O2/c20-15(12-4-2-1-3-5-12)18-19-16(21)13-7-6-11-8-9-17-14(11)10-13/h1-10,17H,(H,18,20)(H,19,21). The van der Waals surface area contributed by atoms with E-state index < -0.39 is 0 Å². The van der Waals surface area contributed by atoms with Gasteiger partial charge in [0.05, 0.1) is 0 Å². The number of amides is 2. The van der Waals surface area contributed by atoms with Crippen LogP contribution in [0.2, 0.25) is 0 Å². The maximum absolute atomic E-state index is 12.0. The molecular weight excluding hydrogens is 266 g/mol. The third-order valence-corrected chi connectivity index (χ3v) is 3.14. The molecule has 0 fully saturated rings. The van der Waals surface area contributed by atoms with E-state index in [2.05, 4.69) is 15.8 Å². The number of aromatic amines is 1. The summed E-state index contributed by atoms with van der Waals surface area (Å²) in [6, 6.07) is 15.9. The molecule has 1 heterocycles. The van der Waals surface area contributed by atoms with Gasteiger partial charge in [0, 0.05) is 22.8 Å². The van der Waals surface area contributed by atoms with Crippen LogP contribution in [-0.2, 0) is 0 Å². The van der Waals surface area contributed by atoms with Gasteiger partial charge in [-0.2, -0.15) is 0 Å². The van der Waals surface area contributed by atoms with Gasteiger partial charge in [0.1, 0.15) is 0 Å². The molecule has 3 aromatic rings. The smallest absolute Gasteiger partial charge is 0.269 e. The van der Waals surface area contributed by atoms with Gasteiger partial charge in [0.2, 0.25) is 0 Å². The van der Waals surface area contributed by atoms with Crippen molar-refractivity contribution in [3.8, 4) is 0 Å². The van der Waals surface area contributed by atoms with Gasteiger partial charge in [-0.1, -0.05) is 24.3 Å². The number of H-pyrrole nitrogens is 1. The Hall–Kier alpha value is -3.08. The molecule has 3 rings (SSSR count). The van der Waals surface area contributed by atoms with Crippen molar-refractivity contribution in [1.29, 1.82) is 0 Å². The van der Waals surface area contributed by atoms with E-state index >= 15 is 0 Å². The first-order valence-electron chi connectivity index (χ1n) is 6.47. The second kappa shape index (κ2) is 5.50. The van der Waals surface area contributed by atoms with Gasteiger partial charge in [0.25, 0.3) is 11.8 Å². The molecule has 0 saturated heterocycles. The van der Waals surface area contributed by atoms with Gasteiger partial charge in [-0.25, -0.2) is 0 Å². The molecule has 0 radical (unpaired) electrons. The van der Waals surface area contributed by atoms with E-state index in [0.29, 0.717) is 11.1 Å². The number of benzene rings is 2. The minimum Gasteiger partial charge on any atom is -0.361 e. The van der Waals surface area contributed by atoms with Crippen LogP contribution in [0.15, 0.2) is 60.8 Å². The van der Waals surface area contributed by atoms with Crippen molar-refractivity contribution in [3.05, 3.63) is 71.9 Å². The van der Waals surface area contributed by atoms with E-state index in [1.165, 1.54) is 0 Å². The van der Waals surface area contributed by atoms with E-state index in [9.17, 15) is 9.59 Å². The first-order valence-corrected chi connectivity index (χ1v) is 6.47. The molecule has 0 aliphatic carbocycles. The molecule has 0 bridgehead atoms. The first-order chi connectivity index (χ1) is 10.2. The average molecular weight is 279 g/mol. The first kappa shape index (κ1) is 12.9. The fourth-order valence-corrected chi connectivity index (χ4v) is 2.04. The quantitative estimate of drug-likeness (QED) is 0.629.